The highest BCUT2D eigenvalue weighted by molar-refractivity contribution is 7.80. The van der Waals surface area contributed by atoms with Gasteiger partial charge in [0.2, 0.25) is 0 Å². The standard InChI is InChI=1S/C19H21N3O3S/c1-13(2)12-25-16-10-6-9-15(11-16)17(23)20-19(26)22-21-18(24)14-7-4-3-5-8-14/h3-11,13H,12H2,1-2H3,(H,21,24)(H2,20,22,23,26). The Morgan fingerprint density at radius 2 is 1.65 bits per heavy atom. The molecule has 2 aromatic rings. The lowest BCUT2D eigenvalue weighted by Gasteiger charge is -2.12. The van der Waals surface area contributed by atoms with Crippen LogP contribution in [0.5, 0.6) is 5.75 Å². The van der Waals surface area contributed by atoms with E-state index in [-0.39, 0.29) is 11.0 Å². The van der Waals surface area contributed by atoms with E-state index in [0.717, 1.165) is 0 Å². The van der Waals surface area contributed by atoms with Gasteiger partial charge in [-0.25, -0.2) is 0 Å². The predicted octanol–water partition coefficient (Wildman–Crippen LogP) is 2.67. The highest BCUT2D eigenvalue weighted by atomic mass is 32.1. The summed E-state index contributed by atoms with van der Waals surface area (Å²) in [5, 5.41) is 2.50. The van der Waals surface area contributed by atoms with Crippen LogP contribution in [0.4, 0.5) is 0 Å². The van der Waals surface area contributed by atoms with E-state index in [0.29, 0.717) is 29.4 Å². The lowest BCUT2D eigenvalue weighted by atomic mass is 10.2. The van der Waals surface area contributed by atoms with Crippen molar-refractivity contribution in [1.29, 1.82) is 0 Å². The fourth-order valence-corrected chi connectivity index (χ4v) is 2.12. The third-order valence-electron chi connectivity index (χ3n) is 3.23. The summed E-state index contributed by atoms with van der Waals surface area (Å²) in [6.45, 7) is 4.66. The summed E-state index contributed by atoms with van der Waals surface area (Å²) in [6.07, 6.45) is 0. The number of amides is 2. The molecule has 0 saturated heterocycles. The molecule has 0 fully saturated rings. The molecule has 2 rings (SSSR count). The van der Waals surface area contributed by atoms with Crippen molar-refractivity contribution in [2.24, 2.45) is 5.92 Å². The van der Waals surface area contributed by atoms with Crippen LogP contribution in [0.3, 0.4) is 0 Å². The highest BCUT2D eigenvalue weighted by Crippen LogP contribution is 2.14. The molecule has 26 heavy (non-hydrogen) atoms. The number of nitrogens with one attached hydrogen (secondary N) is 3. The minimum Gasteiger partial charge on any atom is -0.493 e. The molecule has 0 spiro atoms. The van der Waals surface area contributed by atoms with Crippen LogP contribution < -0.4 is 20.9 Å². The second-order valence-corrected chi connectivity index (χ2v) is 6.37. The van der Waals surface area contributed by atoms with Crippen LogP contribution in [0, 0.1) is 5.92 Å². The van der Waals surface area contributed by atoms with Gasteiger partial charge in [0.25, 0.3) is 11.8 Å². The second kappa shape index (κ2) is 9.53. The molecule has 0 atom stereocenters. The van der Waals surface area contributed by atoms with Gasteiger partial charge in [0.15, 0.2) is 5.11 Å². The lowest BCUT2D eigenvalue weighted by Crippen LogP contribution is -2.48. The van der Waals surface area contributed by atoms with Crippen LogP contribution in [-0.4, -0.2) is 23.5 Å². The average Bonchev–Trinajstić information content (AvgIpc) is 2.65. The Hall–Kier alpha value is -2.93. The number of ether oxygens (including phenoxy) is 1. The van der Waals surface area contributed by atoms with Gasteiger partial charge in [-0.05, 0) is 48.5 Å². The van der Waals surface area contributed by atoms with E-state index >= 15 is 0 Å². The van der Waals surface area contributed by atoms with Crippen molar-refractivity contribution in [3.8, 4) is 5.75 Å². The van der Waals surface area contributed by atoms with Crippen molar-refractivity contribution < 1.29 is 14.3 Å². The van der Waals surface area contributed by atoms with Gasteiger partial charge < -0.3 is 4.74 Å². The van der Waals surface area contributed by atoms with E-state index in [4.69, 9.17) is 17.0 Å². The maximum Gasteiger partial charge on any atom is 0.269 e. The SMILES string of the molecule is CC(C)COc1cccc(C(=O)NC(=S)NNC(=O)c2ccccc2)c1. The fraction of sp³-hybridized carbons (Fsp3) is 0.211. The Kier molecular flexibility index (Phi) is 7.11. The fourth-order valence-electron chi connectivity index (χ4n) is 1.97. The first kappa shape index (κ1) is 19.4. The van der Waals surface area contributed by atoms with E-state index in [1.807, 2.05) is 19.9 Å². The molecule has 7 heteroatoms. The number of benzene rings is 2. The molecule has 0 aromatic heterocycles. The molecule has 0 bridgehead atoms. The van der Waals surface area contributed by atoms with E-state index in [1.165, 1.54) is 0 Å². The normalized spacial score (nSPS) is 10.1. The van der Waals surface area contributed by atoms with Gasteiger partial charge in [-0.1, -0.05) is 38.1 Å². The molecule has 0 heterocycles. The van der Waals surface area contributed by atoms with Gasteiger partial charge in [-0.15, -0.1) is 0 Å². The number of carbonyl (C=O) groups excluding carboxylic acids is 2. The molecule has 0 saturated carbocycles. The molecule has 2 aromatic carbocycles. The van der Waals surface area contributed by atoms with E-state index in [1.54, 1.807) is 48.5 Å². The van der Waals surface area contributed by atoms with Crippen LogP contribution in [0.25, 0.3) is 0 Å². The van der Waals surface area contributed by atoms with Crippen LogP contribution in [0.2, 0.25) is 0 Å². The predicted molar refractivity (Wildman–Crippen MR) is 104 cm³/mol. The first-order chi connectivity index (χ1) is 12.5. The summed E-state index contributed by atoms with van der Waals surface area (Å²) < 4.78 is 5.61. The molecule has 2 amide bonds. The summed E-state index contributed by atoms with van der Waals surface area (Å²) in [7, 11) is 0. The number of hydrogen-bond donors (Lipinski definition) is 3. The van der Waals surface area contributed by atoms with Crippen molar-refractivity contribution in [1.82, 2.24) is 16.2 Å². The number of thiocarbonyl (C=S) groups is 1. The maximum atomic E-state index is 12.3. The molecule has 136 valence electrons. The quantitative estimate of drug-likeness (QED) is 0.556. The van der Waals surface area contributed by atoms with E-state index < -0.39 is 5.91 Å². The molecule has 0 aliphatic heterocycles. The summed E-state index contributed by atoms with van der Waals surface area (Å²) in [5.41, 5.74) is 5.82. The molecule has 6 nitrogen and oxygen atoms in total. The smallest absolute Gasteiger partial charge is 0.269 e. The maximum absolute atomic E-state index is 12.3. The Morgan fingerprint density at radius 3 is 2.35 bits per heavy atom. The number of carbonyl (C=O) groups is 2. The van der Waals surface area contributed by atoms with Crippen molar-refractivity contribution >= 4 is 29.1 Å². The molecule has 0 aliphatic carbocycles. The molecule has 0 aliphatic rings. The Morgan fingerprint density at radius 1 is 0.962 bits per heavy atom. The van der Waals surface area contributed by atoms with Crippen molar-refractivity contribution in [3.63, 3.8) is 0 Å². The van der Waals surface area contributed by atoms with Gasteiger partial charge in [-0.3, -0.25) is 25.8 Å². The number of hydrazine groups is 1. The molecular weight excluding hydrogens is 350 g/mol. The van der Waals surface area contributed by atoms with E-state index in [9.17, 15) is 9.59 Å². The minimum absolute atomic E-state index is 0.00668. The summed E-state index contributed by atoms with van der Waals surface area (Å²) in [5.74, 6) is 0.248. The van der Waals surface area contributed by atoms with Crippen molar-refractivity contribution in [3.05, 3.63) is 65.7 Å². The highest BCUT2D eigenvalue weighted by Gasteiger charge is 2.10. The summed E-state index contributed by atoms with van der Waals surface area (Å²) >= 11 is 5.03. The summed E-state index contributed by atoms with van der Waals surface area (Å²) in [6, 6.07) is 15.5. The molecule has 3 N–H and O–H groups in total. The van der Waals surface area contributed by atoms with Crippen LogP contribution in [0.1, 0.15) is 34.6 Å². The molecular formula is C19H21N3O3S. The van der Waals surface area contributed by atoms with Gasteiger partial charge in [0, 0.05) is 11.1 Å². The number of hydrogen-bond acceptors (Lipinski definition) is 4. The third-order valence-corrected chi connectivity index (χ3v) is 3.44. The topological polar surface area (TPSA) is 79.5 Å². The molecule has 0 unspecified atom stereocenters. The zero-order valence-electron chi connectivity index (χ0n) is 14.6. The third kappa shape index (κ3) is 6.18. The average molecular weight is 371 g/mol. The van der Waals surface area contributed by atoms with Gasteiger partial charge >= 0.3 is 0 Å². The summed E-state index contributed by atoms with van der Waals surface area (Å²) in [4.78, 5) is 24.2. The minimum atomic E-state index is -0.397. The Bertz CT molecular complexity index is 779. The van der Waals surface area contributed by atoms with Crippen LogP contribution in [0.15, 0.2) is 54.6 Å². The van der Waals surface area contributed by atoms with Crippen LogP contribution >= 0.6 is 12.2 Å². The first-order valence-electron chi connectivity index (χ1n) is 8.15. The largest absolute Gasteiger partial charge is 0.493 e. The Labute approximate surface area is 157 Å². The van der Waals surface area contributed by atoms with Gasteiger partial charge in [0.05, 0.1) is 6.61 Å². The lowest BCUT2D eigenvalue weighted by molar-refractivity contribution is 0.0934. The van der Waals surface area contributed by atoms with Gasteiger partial charge in [0.1, 0.15) is 5.75 Å². The van der Waals surface area contributed by atoms with Gasteiger partial charge in [-0.2, -0.15) is 0 Å². The zero-order chi connectivity index (χ0) is 18.9. The number of rotatable bonds is 5. The first-order valence-corrected chi connectivity index (χ1v) is 8.56. The molecule has 0 radical (unpaired) electrons. The Balaban J connectivity index is 1.86. The monoisotopic (exact) mass is 371 g/mol. The zero-order valence-corrected chi connectivity index (χ0v) is 15.4. The van der Waals surface area contributed by atoms with Crippen LogP contribution in [-0.2, 0) is 0 Å². The second-order valence-electron chi connectivity index (χ2n) is 5.96. The van der Waals surface area contributed by atoms with Crippen molar-refractivity contribution in [2.45, 2.75) is 13.8 Å². The van der Waals surface area contributed by atoms with E-state index in [2.05, 4.69) is 16.2 Å². The van der Waals surface area contributed by atoms with Crippen molar-refractivity contribution in [2.75, 3.05) is 6.61 Å².